The molecule has 3 heterocycles. The van der Waals surface area contributed by atoms with Gasteiger partial charge in [0.25, 0.3) is 0 Å². The number of rotatable bonds is 0. The number of nitrogens with one attached hydrogen (secondary N) is 1. The minimum atomic E-state index is 0.667. The molecule has 0 aromatic rings. The van der Waals surface area contributed by atoms with E-state index in [0.29, 0.717) is 5.54 Å². The molecular formula is C13H25N2. The zero-order valence-electron chi connectivity index (χ0n) is 10.1. The molecule has 0 bridgehead atoms. The van der Waals surface area contributed by atoms with Crippen LogP contribution in [0.2, 0.25) is 0 Å². The topological polar surface area (TPSA) is 15.3 Å². The van der Waals surface area contributed by atoms with Crippen LogP contribution in [0.3, 0.4) is 0 Å². The molecule has 1 N–H and O–H groups in total. The van der Waals surface area contributed by atoms with Crippen molar-refractivity contribution in [2.75, 3.05) is 26.2 Å². The summed E-state index contributed by atoms with van der Waals surface area (Å²) in [6, 6.07) is 0. The summed E-state index contributed by atoms with van der Waals surface area (Å²) >= 11 is 0. The van der Waals surface area contributed by atoms with Crippen LogP contribution in [0.5, 0.6) is 0 Å². The molecule has 0 spiro atoms. The van der Waals surface area contributed by atoms with E-state index in [1.165, 1.54) is 64.7 Å². The number of hydrogen-bond acceptors (Lipinski definition) is 2. The van der Waals surface area contributed by atoms with Crippen LogP contribution in [-0.4, -0.2) is 36.6 Å². The maximum absolute atomic E-state index is 3.32. The number of fused-ring (bicyclic) bond motifs is 1. The molecule has 0 aromatic heterocycles. The average molecular weight is 209 g/mol. The highest BCUT2D eigenvalue weighted by Crippen LogP contribution is 2.39. The lowest BCUT2D eigenvalue weighted by molar-refractivity contribution is 0.0449. The lowest BCUT2D eigenvalue weighted by atomic mass is 9.88. The van der Waals surface area contributed by atoms with Crippen molar-refractivity contribution in [2.24, 2.45) is 0 Å². The molecule has 2 nitrogen and oxygen atoms in total. The van der Waals surface area contributed by atoms with E-state index in [9.17, 15) is 0 Å². The van der Waals surface area contributed by atoms with E-state index in [4.69, 9.17) is 0 Å². The Labute approximate surface area is 94.4 Å². The van der Waals surface area contributed by atoms with Crippen molar-refractivity contribution in [1.29, 1.82) is 0 Å². The van der Waals surface area contributed by atoms with Gasteiger partial charge in [-0.3, -0.25) is 4.90 Å². The first-order valence-electron chi connectivity index (χ1n) is 6.59. The number of hydrogen-bond donors (Lipinski definition) is 1. The monoisotopic (exact) mass is 209 g/mol. The molecule has 0 amide bonds. The smallest absolute Gasteiger partial charge is 0.0194 e. The first-order chi connectivity index (χ1) is 7.31. The van der Waals surface area contributed by atoms with Crippen molar-refractivity contribution in [3.63, 3.8) is 0 Å². The summed E-state index contributed by atoms with van der Waals surface area (Å²) in [6.45, 7) is 7.55. The summed E-state index contributed by atoms with van der Waals surface area (Å²) in [5.74, 6) is 0. The van der Waals surface area contributed by atoms with E-state index in [2.05, 4.69) is 23.6 Å². The van der Waals surface area contributed by atoms with Crippen LogP contribution >= 0.6 is 0 Å². The van der Waals surface area contributed by atoms with Gasteiger partial charge in [-0.1, -0.05) is 0 Å². The molecule has 3 aliphatic rings. The molecule has 87 valence electrons. The van der Waals surface area contributed by atoms with Gasteiger partial charge in [0.2, 0.25) is 0 Å². The van der Waals surface area contributed by atoms with Crippen LogP contribution in [-0.2, 0) is 0 Å². The van der Waals surface area contributed by atoms with E-state index in [1.807, 2.05) is 0 Å². The van der Waals surface area contributed by atoms with Crippen LogP contribution < -0.4 is 5.32 Å². The van der Waals surface area contributed by atoms with Gasteiger partial charge in [0, 0.05) is 12.1 Å². The zero-order chi connectivity index (χ0) is 10.6. The molecule has 3 fully saturated rings. The SMILES string of the molecule is CC12CCCN1CC2.[CH]1CCCNCC1. The predicted molar refractivity (Wildman–Crippen MR) is 64.8 cm³/mol. The van der Waals surface area contributed by atoms with Gasteiger partial charge in [-0.05, 0) is 71.5 Å². The molecule has 2 heteroatoms. The zero-order valence-corrected chi connectivity index (χ0v) is 10.1. The summed E-state index contributed by atoms with van der Waals surface area (Å²) < 4.78 is 0. The largest absolute Gasteiger partial charge is 0.317 e. The molecule has 0 aromatic carbocycles. The van der Waals surface area contributed by atoms with Crippen LogP contribution in [0.25, 0.3) is 0 Å². The van der Waals surface area contributed by atoms with Gasteiger partial charge >= 0.3 is 0 Å². The van der Waals surface area contributed by atoms with Crippen LogP contribution in [0.1, 0.15) is 45.4 Å². The molecule has 1 atom stereocenters. The second-order valence-electron chi connectivity index (χ2n) is 5.31. The van der Waals surface area contributed by atoms with Gasteiger partial charge in [0.15, 0.2) is 0 Å². The van der Waals surface area contributed by atoms with Crippen LogP contribution in [0.15, 0.2) is 0 Å². The fraction of sp³-hybridized carbons (Fsp3) is 0.923. The standard InChI is InChI=1S/C7H13N.C6H12N/c1-7-3-2-5-8(7)6-4-7;1-2-4-6-7-5-3-1/h2-6H2,1H3;1,7H,2-6H2. The molecule has 15 heavy (non-hydrogen) atoms. The number of nitrogens with zero attached hydrogens (tertiary/aromatic N) is 1. The maximum Gasteiger partial charge on any atom is 0.0194 e. The molecule has 1 radical (unpaired) electrons. The van der Waals surface area contributed by atoms with E-state index in [0.717, 1.165) is 0 Å². The first kappa shape index (κ1) is 11.4. The quantitative estimate of drug-likeness (QED) is 0.658. The Morgan fingerprint density at radius 2 is 2.00 bits per heavy atom. The molecule has 0 aliphatic carbocycles. The first-order valence-corrected chi connectivity index (χ1v) is 6.59. The van der Waals surface area contributed by atoms with Crippen LogP contribution in [0.4, 0.5) is 0 Å². The summed E-state index contributed by atoms with van der Waals surface area (Å²) in [5, 5.41) is 3.32. The van der Waals surface area contributed by atoms with Crippen molar-refractivity contribution < 1.29 is 0 Å². The molecule has 3 saturated heterocycles. The van der Waals surface area contributed by atoms with Crippen molar-refractivity contribution in [3.05, 3.63) is 6.42 Å². The fourth-order valence-corrected chi connectivity index (χ4v) is 2.81. The van der Waals surface area contributed by atoms with Crippen molar-refractivity contribution in [1.82, 2.24) is 10.2 Å². The highest BCUT2D eigenvalue weighted by atomic mass is 15.3. The molecule has 0 saturated carbocycles. The molecule has 1 unspecified atom stereocenters. The van der Waals surface area contributed by atoms with E-state index < -0.39 is 0 Å². The molecule has 3 aliphatic heterocycles. The Morgan fingerprint density at radius 3 is 2.60 bits per heavy atom. The fourth-order valence-electron chi connectivity index (χ4n) is 2.81. The summed E-state index contributed by atoms with van der Waals surface area (Å²) in [7, 11) is 0. The van der Waals surface area contributed by atoms with Crippen molar-refractivity contribution in [2.45, 2.75) is 51.0 Å². The molecule has 3 rings (SSSR count). The summed E-state index contributed by atoms with van der Waals surface area (Å²) in [6.07, 6.45) is 10.6. The summed E-state index contributed by atoms with van der Waals surface area (Å²) in [5.41, 5.74) is 0.667. The normalized spacial score (nSPS) is 35.8. The Kier molecular flexibility index (Phi) is 4.04. The summed E-state index contributed by atoms with van der Waals surface area (Å²) in [4.78, 5) is 2.60. The lowest BCUT2D eigenvalue weighted by Crippen LogP contribution is -2.52. The second kappa shape index (κ2) is 5.31. The Balaban J connectivity index is 0.000000115. The second-order valence-corrected chi connectivity index (χ2v) is 5.31. The van der Waals surface area contributed by atoms with Gasteiger partial charge in [-0.15, -0.1) is 0 Å². The predicted octanol–water partition coefficient (Wildman–Crippen LogP) is 2.21. The lowest BCUT2D eigenvalue weighted by Gasteiger charge is -2.45. The Morgan fingerprint density at radius 1 is 1.07 bits per heavy atom. The molecular weight excluding hydrogens is 184 g/mol. The van der Waals surface area contributed by atoms with E-state index in [-0.39, 0.29) is 0 Å². The van der Waals surface area contributed by atoms with Crippen molar-refractivity contribution >= 4 is 0 Å². The average Bonchev–Trinajstić information content (AvgIpc) is 2.54. The van der Waals surface area contributed by atoms with Gasteiger partial charge in [0.05, 0.1) is 0 Å². The van der Waals surface area contributed by atoms with Gasteiger partial charge in [0.1, 0.15) is 0 Å². The minimum Gasteiger partial charge on any atom is -0.317 e. The van der Waals surface area contributed by atoms with Gasteiger partial charge in [-0.25, -0.2) is 0 Å². The van der Waals surface area contributed by atoms with E-state index >= 15 is 0 Å². The minimum absolute atomic E-state index is 0.667. The third kappa shape index (κ3) is 2.94. The van der Waals surface area contributed by atoms with Gasteiger partial charge < -0.3 is 5.32 Å². The third-order valence-electron chi connectivity index (χ3n) is 4.11. The van der Waals surface area contributed by atoms with Gasteiger partial charge in [-0.2, -0.15) is 0 Å². The highest BCUT2D eigenvalue weighted by molar-refractivity contribution is 4.99. The van der Waals surface area contributed by atoms with E-state index in [1.54, 1.807) is 0 Å². The van der Waals surface area contributed by atoms with Crippen LogP contribution in [0, 0.1) is 6.42 Å². The Bertz CT molecular complexity index is 173. The Hall–Kier alpha value is -0.0800. The maximum atomic E-state index is 3.32. The highest BCUT2D eigenvalue weighted by Gasteiger charge is 2.43. The third-order valence-corrected chi connectivity index (χ3v) is 4.11. The van der Waals surface area contributed by atoms with Crippen molar-refractivity contribution in [3.8, 4) is 0 Å².